The standard InChI is InChI=1S/C12H15F3N2.2ClH/c13-12(14,15)11(10-4-2-1-3-5-10)17-8-6-16-7-9-17;;/h1-5,11,16H,6-9H2;2*1H/t11-;;/m1../s1. The van der Waals surface area contributed by atoms with Gasteiger partial charge in [-0.1, -0.05) is 30.3 Å². The molecule has 1 heterocycles. The first kappa shape index (κ1) is 18.5. The average Bonchev–Trinajstić information content (AvgIpc) is 2.30. The normalized spacial score (nSPS) is 18.1. The Labute approximate surface area is 123 Å². The smallest absolute Gasteiger partial charge is 0.314 e. The van der Waals surface area contributed by atoms with Gasteiger partial charge in [0.25, 0.3) is 0 Å². The predicted octanol–water partition coefficient (Wildman–Crippen LogP) is 3.04. The van der Waals surface area contributed by atoms with E-state index in [1.165, 1.54) is 4.90 Å². The van der Waals surface area contributed by atoms with Crippen molar-refractivity contribution in [3.05, 3.63) is 35.9 Å². The Morgan fingerprint density at radius 1 is 1.00 bits per heavy atom. The third-order valence-electron chi connectivity index (χ3n) is 2.94. The van der Waals surface area contributed by atoms with Crippen LogP contribution in [-0.4, -0.2) is 37.3 Å². The molecule has 1 N–H and O–H groups in total. The number of hydrogen-bond donors (Lipinski definition) is 1. The summed E-state index contributed by atoms with van der Waals surface area (Å²) in [4.78, 5) is 1.49. The Bertz CT molecular complexity index is 354. The summed E-state index contributed by atoms with van der Waals surface area (Å²) in [6, 6.07) is 6.63. The van der Waals surface area contributed by atoms with Crippen molar-refractivity contribution in [1.29, 1.82) is 0 Å². The van der Waals surface area contributed by atoms with Gasteiger partial charge in [0.2, 0.25) is 0 Å². The molecule has 7 heteroatoms. The summed E-state index contributed by atoms with van der Waals surface area (Å²) in [5.41, 5.74) is 0.321. The van der Waals surface area contributed by atoms with Crippen LogP contribution in [0, 0.1) is 0 Å². The van der Waals surface area contributed by atoms with E-state index in [1.54, 1.807) is 30.3 Å². The van der Waals surface area contributed by atoms with Gasteiger partial charge in [0.15, 0.2) is 0 Å². The molecule has 2 nitrogen and oxygen atoms in total. The lowest BCUT2D eigenvalue weighted by atomic mass is 10.0. The molecule has 0 bridgehead atoms. The van der Waals surface area contributed by atoms with E-state index in [-0.39, 0.29) is 24.8 Å². The minimum Gasteiger partial charge on any atom is -0.314 e. The maximum Gasteiger partial charge on any atom is 0.408 e. The van der Waals surface area contributed by atoms with Gasteiger partial charge < -0.3 is 5.32 Å². The molecular formula is C12H17Cl2F3N2. The number of nitrogens with zero attached hydrogens (tertiary/aromatic N) is 1. The van der Waals surface area contributed by atoms with E-state index in [4.69, 9.17) is 0 Å². The zero-order valence-corrected chi connectivity index (χ0v) is 11.8. The van der Waals surface area contributed by atoms with Crippen molar-refractivity contribution in [2.75, 3.05) is 26.2 Å². The Hall–Kier alpha value is -0.490. The van der Waals surface area contributed by atoms with Gasteiger partial charge in [0.1, 0.15) is 6.04 Å². The molecule has 1 aliphatic heterocycles. The van der Waals surface area contributed by atoms with Crippen molar-refractivity contribution < 1.29 is 13.2 Å². The Kier molecular flexibility index (Phi) is 7.74. The molecule has 0 amide bonds. The number of halogens is 5. The number of hydrogen-bond acceptors (Lipinski definition) is 2. The monoisotopic (exact) mass is 316 g/mol. The minimum atomic E-state index is -4.22. The second kappa shape index (κ2) is 7.94. The van der Waals surface area contributed by atoms with Gasteiger partial charge in [-0.3, -0.25) is 4.90 Å². The maximum absolute atomic E-state index is 13.1. The zero-order valence-electron chi connectivity index (χ0n) is 10.2. The van der Waals surface area contributed by atoms with Gasteiger partial charge in [0, 0.05) is 26.2 Å². The third kappa shape index (κ3) is 4.84. The fourth-order valence-electron chi connectivity index (χ4n) is 2.18. The molecule has 0 saturated carbocycles. The van der Waals surface area contributed by atoms with Crippen molar-refractivity contribution in [1.82, 2.24) is 10.2 Å². The van der Waals surface area contributed by atoms with Gasteiger partial charge in [-0.15, -0.1) is 24.8 Å². The Balaban J connectivity index is 0.00000162. The van der Waals surface area contributed by atoms with E-state index in [2.05, 4.69) is 5.32 Å². The fourth-order valence-corrected chi connectivity index (χ4v) is 2.18. The van der Waals surface area contributed by atoms with Crippen LogP contribution in [-0.2, 0) is 0 Å². The molecule has 1 aromatic carbocycles. The molecule has 1 atom stereocenters. The molecule has 1 aromatic rings. The number of alkyl halides is 3. The number of piperazine rings is 1. The maximum atomic E-state index is 13.1. The van der Waals surface area contributed by atoms with Crippen LogP contribution in [0.5, 0.6) is 0 Å². The Morgan fingerprint density at radius 3 is 2.00 bits per heavy atom. The summed E-state index contributed by atoms with van der Waals surface area (Å²) in [6.45, 7) is 2.08. The van der Waals surface area contributed by atoms with E-state index in [0.717, 1.165) is 0 Å². The lowest BCUT2D eigenvalue weighted by Crippen LogP contribution is -2.49. The quantitative estimate of drug-likeness (QED) is 0.902. The summed E-state index contributed by atoms with van der Waals surface area (Å²) < 4.78 is 39.4. The third-order valence-corrected chi connectivity index (χ3v) is 2.94. The molecule has 0 radical (unpaired) electrons. The van der Waals surface area contributed by atoms with Crippen molar-refractivity contribution in [3.63, 3.8) is 0 Å². The highest BCUT2D eigenvalue weighted by Gasteiger charge is 2.44. The SMILES string of the molecule is Cl.Cl.FC(F)(F)[C@@H](c1ccccc1)N1CCNCC1. The van der Waals surface area contributed by atoms with Crippen LogP contribution in [0.1, 0.15) is 11.6 Å². The molecule has 1 saturated heterocycles. The summed E-state index contributed by atoms with van der Waals surface area (Å²) in [5, 5.41) is 3.06. The Morgan fingerprint density at radius 2 is 1.53 bits per heavy atom. The first-order chi connectivity index (χ1) is 8.09. The lowest BCUT2D eigenvalue weighted by molar-refractivity contribution is -0.187. The fraction of sp³-hybridized carbons (Fsp3) is 0.500. The van der Waals surface area contributed by atoms with Crippen molar-refractivity contribution in [2.24, 2.45) is 0 Å². The van der Waals surface area contributed by atoms with Gasteiger partial charge in [-0.05, 0) is 5.56 Å². The van der Waals surface area contributed by atoms with E-state index in [0.29, 0.717) is 31.7 Å². The van der Waals surface area contributed by atoms with Crippen molar-refractivity contribution in [2.45, 2.75) is 12.2 Å². The molecule has 0 aromatic heterocycles. The van der Waals surface area contributed by atoms with Gasteiger partial charge in [-0.2, -0.15) is 13.2 Å². The highest BCUT2D eigenvalue weighted by Crippen LogP contribution is 2.37. The van der Waals surface area contributed by atoms with Crippen LogP contribution in [0.2, 0.25) is 0 Å². The minimum absolute atomic E-state index is 0. The van der Waals surface area contributed by atoms with Crippen LogP contribution in [0.4, 0.5) is 13.2 Å². The topological polar surface area (TPSA) is 15.3 Å². The second-order valence-electron chi connectivity index (χ2n) is 4.14. The van der Waals surface area contributed by atoms with Crippen molar-refractivity contribution in [3.8, 4) is 0 Å². The summed E-state index contributed by atoms with van der Waals surface area (Å²) in [6.07, 6.45) is -4.22. The predicted molar refractivity (Wildman–Crippen MR) is 74.2 cm³/mol. The lowest BCUT2D eigenvalue weighted by Gasteiger charge is -2.36. The van der Waals surface area contributed by atoms with Crippen LogP contribution in [0.25, 0.3) is 0 Å². The van der Waals surface area contributed by atoms with E-state index >= 15 is 0 Å². The molecule has 110 valence electrons. The molecule has 1 fully saturated rings. The highest BCUT2D eigenvalue weighted by atomic mass is 35.5. The summed E-state index contributed by atoms with van der Waals surface area (Å²) in [7, 11) is 0. The number of benzene rings is 1. The molecule has 1 aliphatic rings. The van der Waals surface area contributed by atoms with E-state index in [1.807, 2.05) is 0 Å². The molecule has 0 aliphatic carbocycles. The molecule has 0 unspecified atom stereocenters. The first-order valence-electron chi connectivity index (χ1n) is 5.65. The van der Waals surface area contributed by atoms with Gasteiger partial charge >= 0.3 is 6.18 Å². The van der Waals surface area contributed by atoms with Crippen LogP contribution >= 0.6 is 24.8 Å². The van der Waals surface area contributed by atoms with Crippen LogP contribution in [0.15, 0.2) is 30.3 Å². The molecule has 2 rings (SSSR count). The van der Waals surface area contributed by atoms with Crippen molar-refractivity contribution >= 4 is 24.8 Å². The second-order valence-corrected chi connectivity index (χ2v) is 4.14. The average molecular weight is 317 g/mol. The highest BCUT2D eigenvalue weighted by molar-refractivity contribution is 5.85. The van der Waals surface area contributed by atoms with E-state index in [9.17, 15) is 13.2 Å². The summed E-state index contributed by atoms with van der Waals surface area (Å²) >= 11 is 0. The number of rotatable bonds is 2. The van der Waals surface area contributed by atoms with E-state index < -0.39 is 12.2 Å². The molecule has 19 heavy (non-hydrogen) atoms. The van der Waals surface area contributed by atoms with Crippen LogP contribution < -0.4 is 5.32 Å². The molecule has 0 spiro atoms. The van der Waals surface area contributed by atoms with Gasteiger partial charge in [-0.25, -0.2) is 0 Å². The zero-order chi connectivity index (χ0) is 12.3. The molecular weight excluding hydrogens is 300 g/mol. The largest absolute Gasteiger partial charge is 0.408 e. The first-order valence-corrected chi connectivity index (χ1v) is 5.65. The summed E-state index contributed by atoms with van der Waals surface area (Å²) in [5.74, 6) is 0. The number of nitrogens with one attached hydrogen (secondary N) is 1. The van der Waals surface area contributed by atoms with Crippen LogP contribution in [0.3, 0.4) is 0 Å². The van der Waals surface area contributed by atoms with Gasteiger partial charge in [0.05, 0.1) is 0 Å².